The van der Waals surface area contributed by atoms with Gasteiger partial charge in [0.25, 0.3) is 0 Å². The lowest BCUT2D eigenvalue weighted by Crippen LogP contribution is -2.49. The molecule has 0 radical (unpaired) electrons. The Morgan fingerprint density at radius 1 is 1.32 bits per heavy atom. The van der Waals surface area contributed by atoms with Crippen molar-refractivity contribution >= 4 is 5.91 Å². The number of nitrogens with zero attached hydrogens (tertiary/aromatic N) is 3. The summed E-state index contributed by atoms with van der Waals surface area (Å²) >= 11 is 0. The van der Waals surface area contributed by atoms with Crippen LogP contribution in [0.4, 0.5) is 0 Å². The molecule has 2 aliphatic carbocycles. The van der Waals surface area contributed by atoms with Gasteiger partial charge >= 0.3 is 0 Å². The molecule has 1 saturated heterocycles. The summed E-state index contributed by atoms with van der Waals surface area (Å²) in [5.41, 5.74) is 0. The predicted octanol–water partition coefficient (Wildman–Crippen LogP) is 1.42. The Morgan fingerprint density at radius 3 is 2.92 bits per heavy atom. The van der Waals surface area contributed by atoms with Gasteiger partial charge in [0, 0.05) is 24.5 Å². The summed E-state index contributed by atoms with van der Waals surface area (Å²) in [6, 6.07) is 0.668. The van der Waals surface area contributed by atoms with Crippen molar-refractivity contribution in [3.05, 3.63) is 11.7 Å². The molecule has 2 saturated carbocycles. The molecule has 7 heteroatoms. The number of nitrogens with one attached hydrogen (secondary N) is 2. The standard InChI is InChI=1S/C18H29N5O2/c1-12(13-4-5-13)20-17(24)9-19-15-3-2-8-23(10-15)11-16-21-18(25-22-16)14-6-7-14/h12-15,19H,2-11H2,1H3,(H,20,24)/t12-,15-/m0/s1. The molecule has 1 amide bonds. The van der Waals surface area contributed by atoms with Crippen LogP contribution in [0.1, 0.15) is 63.1 Å². The maximum Gasteiger partial charge on any atom is 0.234 e. The number of likely N-dealkylation sites (tertiary alicyclic amines) is 1. The van der Waals surface area contributed by atoms with Crippen molar-refractivity contribution in [3.63, 3.8) is 0 Å². The van der Waals surface area contributed by atoms with Gasteiger partial charge in [0.15, 0.2) is 5.82 Å². The summed E-state index contributed by atoms with van der Waals surface area (Å²) in [7, 11) is 0. The summed E-state index contributed by atoms with van der Waals surface area (Å²) in [5, 5.41) is 10.6. The molecular formula is C18H29N5O2. The molecule has 3 fully saturated rings. The van der Waals surface area contributed by atoms with E-state index in [0.717, 1.165) is 44.2 Å². The number of hydrogen-bond acceptors (Lipinski definition) is 6. The molecule has 0 bridgehead atoms. The van der Waals surface area contributed by atoms with Gasteiger partial charge in [-0.3, -0.25) is 9.69 Å². The van der Waals surface area contributed by atoms with Crippen LogP contribution in [0.15, 0.2) is 4.52 Å². The van der Waals surface area contributed by atoms with Crippen molar-refractivity contribution in [3.8, 4) is 0 Å². The van der Waals surface area contributed by atoms with Crippen LogP contribution in [0.5, 0.6) is 0 Å². The molecule has 25 heavy (non-hydrogen) atoms. The van der Waals surface area contributed by atoms with E-state index in [2.05, 4.69) is 32.6 Å². The molecule has 3 aliphatic rings. The minimum Gasteiger partial charge on any atom is -0.352 e. The van der Waals surface area contributed by atoms with E-state index < -0.39 is 0 Å². The third kappa shape index (κ3) is 4.79. The average Bonchev–Trinajstić information content (AvgIpc) is 3.52. The second-order valence-electron chi connectivity index (χ2n) is 7.97. The fourth-order valence-electron chi connectivity index (χ4n) is 3.65. The zero-order valence-electron chi connectivity index (χ0n) is 15.0. The Morgan fingerprint density at radius 2 is 2.16 bits per heavy atom. The lowest BCUT2D eigenvalue weighted by molar-refractivity contribution is -0.121. The first kappa shape index (κ1) is 17.0. The first-order valence-corrected chi connectivity index (χ1v) is 9.75. The Labute approximate surface area is 148 Å². The van der Waals surface area contributed by atoms with Crippen molar-refractivity contribution in [2.45, 2.75) is 70.0 Å². The van der Waals surface area contributed by atoms with Gasteiger partial charge in [0.05, 0.1) is 13.1 Å². The third-order valence-electron chi connectivity index (χ3n) is 5.55. The molecule has 0 aromatic carbocycles. The van der Waals surface area contributed by atoms with Crippen LogP contribution in [-0.2, 0) is 11.3 Å². The summed E-state index contributed by atoms with van der Waals surface area (Å²) in [6.07, 6.45) is 7.11. The molecule has 7 nitrogen and oxygen atoms in total. The number of rotatable bonds is 8. The normalized spacial score (nSPS) is 25.7. The van der Waals surface area contributed by atoms with Crippen LogP contribution < -0.4 is 10.6 Å². The third-order valence-corrected chi connectivity index (χ3v) is 5.55. The Balaban J connectivity index is 1.19. The van der Waals surface area contributed by atoms with Gasteiger partial charge in [-0.15, -0.1) is 0 Å². The molecule has 0 spiro atoms. The predicted molar refractivity (Wildman–Crippen MR) is 92.9 cm³/mol. The molecule has 4 rings (SSSR count). The van der Waals surface area contributed by atoms with Crippen molar-refractivity contribution in [2.75, 3.05) is 19.6 Å². The summed E-state index contributed by atoms with van der Waals surface area (Å²) in [4.78, 5) is 18.9. The minimum absolute atomic E-state index is 0.115. The average molecular weight is 347 g/mol. The van der Waals surface area contributed by atoms with E-state index in [1.165, 1.54) is 25.7 Å². The topological polar surface area (TPSA) is 83.3 Å². The lowest BCUT2D eigenvalue weighted by Gasteiger charge is -2.32. The van der Waals surface area contributed by atoms with E-state index in [1.807, 2.05) is 0 Å². The van der Waals surface area contributed by atoms with Crippen molar-refractivity contribution in [2.24, 2.45) is 5.92 Å². The van der Waals surface area contributed by atoms with Crippen LogP contribution in [0.2, 0.25) is 0 Å². The van der Waals surface area contributed by atoms with E-state index in [0.29, 0.717) is 30.5 Å². The number of carbonyl (C=O) groups excluding carboxylic acids is 1. The number of carbonyl (C=O) groups is 1. The van der Waals surface area contributed by atoms with Crippen molar-refractivity contribution in [1.29, 1.82) is 0 Å². The molecule has 1 aromatic heterocycles. The van der Waals surface area contributed by atoms with Gasteiger partial charge in [-0.2, -0.15) is 4.98 Å². The maximum absolute atomic E-state index is 12.1. The van der Waals surface area contributed by atoms with Gasteiger partial charge in [0.1, 0.15) is 0 Å². The van der Waals surface area contributed by atoms with Crippen molar-refractivity contribution < 1.29 is 9.32 Å². The minimum atomic E-state index is 0.115. The van der Waals surface area contributed by atoms with Crippen LogP contribution in [0.3, 0.4) is 0 Å². The van der Waals surface area contributed by atoms with E-state index >= 15 is 0 Å². The fraction of sp³-hybridized carbons (Fsp3) is 0.833. The first-order valence-electron chi connectivity index (χ1n) is 9.75. The quantitative estimate of drug-likeness (QED) is 0.740. The number of hydrogen-bond donors (Lipinski definition) is 2. The van der Waals surface area contributed by atoms with Gasteiger partial charge in [-0.05, 0) is 57.9 Å². The highest BCUT2D eigenvalue weighted by Crippen LogP contribution is 2.38. The number of aromatic nitrogens is 2. The van der Waals surface area contributed by atoms with Gasteiger partial charge < -0.3 is 15.2 Å². The maximum atomic E-state index is 12.1. The molecular weight excluding hydrogens is 318 g/mol. The Hall–Kier alpha value is -1.47. The SMILES string of the molecule is C[C@H](NC(=O)CN[C@H]1CCCN(Cc2noc(C3CC3)n2)C1)C1CC1. The molecule has 1 aromatic rings. The summed E-state index contributed by atoms with van der Waals surface area (Å²) < 4.78 is 5.34. The highest BCUT2D eigenvalue weighted by atomic mass is 16.5. The monoisotopic (exact) mass is 347 g/mol. The second-order valence-corrected chi connectivity index (χ2v) is 7.97. The van der Waals surface area contributed by atoms with Gasteiger partial charge in [0.2, 0.25) is 11.8 Å². The summed E-state index contributed by atoms with van der Waals surface area (Å²) in [5.74, 6) is 2.92. The molecule has 2 heterocycles. The molecule has 2 atom stereocenters. The molecule has 2 N–H and O–H groups in total. The Kier molecular flexibility index (Phi) is 5.03. The smallest absolute Gasteiger partial charge is 0.234 e. The lowest BCUT2D eigenvalue weighted by atomic mass is 10.1. The highest BCUT2D eigenvalue weighted by molar-refractivity contribution is 5.78. The zero-order chi connectivity index (χ0) is 17.2. The summed E-state index contributed by atoms with van der Waals surface area (Å²) in [6.45, 7) is 5.23. The second kappa shape index (κ2) is 7.41. The van der Waals surface area contributed by atoms with Gasteiger partial charge in [-0.25, -0.2) is 0 Å². The van der Waals surface area contributed by atoms with Gasteiger partial charge in [-0.1, -0.05) is 5.16 Å². The Bertz CT molecular complexity index is 596. The zero-order valence-corrected chi connectivity index (χ0v) is 15.0. The van der Waals surface area contributed by atoms with Crippen LogP contribution in [0.25, 0.3) is 0 Å². The van der Waals surface area contributed by atoms with Crippen molar-refractivity contribution in [1.82, 2.24) is 25.7 Å². The van der Waals surface area contributed by atoms with Crippen LogP contribution in [-0.4, -0.2) is 52.7 Å². The van der Waals surface area contributed by atoms with Crippen LogP contribution >= 0.6 is 0 Å². The number of amides is 1. The molecule has 0 unspecified atom stereocenters. The molecule has 1 aliphatic heterocycles. The van der Waals surface area contributed by atoms with E-state index in [9.17, 15) is 4.79 Å². The first-order chi connectivity index (χ1) is 12.2. The van der Waals surface area contributed by atoms with E-state index in [-0.39, 0.29) is 5.91 Å². The fourth-order valence-corrected chi connectivity index (χ4v) is 3.65. The highest BCUT2D eigenvalue weighted by Gasteiger charge is 2.31. The van der Waals surface area contributed by atoms with E-state index in [1.54, 1.807) is 0 Å². The van der Waals surface area contributed by atoms with E-state index in [4.69, 9.17) is 4.52 Å². The largest absolute Gasteiger partial charge is 0.352 e. The number of piperidine rings is 1. The van der Waals surface area contributed by atoms with Crippen LogP contribution in [0, 0.1) is 5.92 Å². The molecule has 138 valence electrons.